The average Bonchev–Trinajstić information content (AvgIpc) is 1.41. The van der Waals surface area contributed by atoms with Crippen LogP contribution < -0.4 is 0 Å². The quantitative estimate of drug-likeness (QED) is 0.579. The molecule has 0 aromatic carbocycles. The summed E-state index contributed by atoms with van der Waals surface area (Å²) in [7, 11) is 0. The van der Waals surface area contributed by atoms with E-state index in [9.17, 15) is 0 Å². The van der Waals surface area contributed by atoms with Crippen molar-refractivity contribution in [3.05, 3.63) is 0 Å². The van der Waals surface area contributed by atoms with Crippen LogP contribution in [0.2, 0.25) is 0 Å². The fourth-order valence-electron chi connectivity index (χ4n) is 0. The third-order valence-corrected chi connectivity index (χ3v) is 0. The second-order valence-electron chi connectivity index (χ2n) is 0.283. The summed E-state index contributed by atoms with van der Waals surface area (Å²) in [6, 6.07) is 0. The van der Waals surface area contributed by atoms with Gasteiger partial charge in [-0.3, -0.25) is 0 Å². The second kappa shape index (κ2) is 16.2. The molecule has 0 heterocycles. The van der Waals surface area contributed by atoms with Gasteiger partial charge < -0.3 is 10.2 Å². The molecule has 0 saturated carbocycles. The van der Waals surface area contributed by atoms with Crippen LogP contribution in [0.25, 0.3) is 0 Å². The van der Waals surface area contributed by atoms with Gasteiger partial charge in [-0.05, 0) is 0 Å². The van der Waals surface area contributed by atoms with Crippen molar-refractivity contribution in [2.24, 2.45) is 0 Å². The van der Waals surface area contributed by atoms with Crippen LogP contribution in [0.4, 0.5) is 4.79 Å². The van der Waals surface area contributed by atoms with Crippen molar-refractivity contribution in [1.29, 1.82) is 0 Å². The summed E-state index contributed by atoms with van der Waals surface area (Å²) < 4.78 is 8.33. The summed E-state index contributed by atoms with van der Waals surface area (Å²) in [6.45, 7) is 0. The van der Waals surface area contributed by atoms with Crippen LogP contribution in [0.3, 0.4) is 0 Å². The summed E-state index contributed by atoms with van der Waals surface area (Å²) in [4.78, 5) is 8.56. The molecule has 0 aliphatic heterocycles. The molecule has 4 nitrogen and oxygen atoms in total. The molecule has 0 aromatic heterocycles. The first-order valence-corrected chi connectivity index (χ1v) is 2.02. The molecule has 0 rings (SSSR count). The van der Waals surface area contributed by atoms with Crippen LogP contribution in [0.5, 0.6) is 0 Å². The Morgan fingerprint density at radius 3 is 1.29 bits per heavy atom. The number of carboxylic acid groups (broad SMARTS) is 2. The summed E-state index contributed by atoms with van der Waals surface area (Å²) in [5.41, 5.74) is 0. The van der Waals surface area contributed by atoms with E-state index in [4.69, 9.17) is 18.4 Å². The molecule has 0 aliphatic rings. The number of hydrogen-bond acceptors (Lipinski definition) is 2. The van der Waals surface area contributed by atoms with Gasteiger partial charge in [0.15, 0.2) is 0 Å². The SMILES string of the molecule is O=C(O)O.[LiH].[O]=[W]. The third-order valence-electron chi connectivity index (χ3n) is 0. The predicted molar refractivity (Wildman–Crippen MR) is 18.5 cm³/mol. The molecule has 2 N–H and O–H groups in total. The summed E-state index contributed by atoms with van der Waals surface area (Å²) in [5.74, 6) is 0. The van der Waals surface area contributed by atoms with Crippen molar-refractivity contribution in [3.63, 3.8) is 0 Å². The van der Waals surface area contributed by atoms with Gasteiger partial charge >= 0.3 is 48.2 Å². The minimum atomic E-state index is -1.83. The van der Waals surface area contributed by atoms with Gasteiger partial charge in [-0.25, -0.2) is 4.79 Å². The first-order valence-electron chi connectivity index (χ1n) is 0.818. The third kappa shape index (κ3) is 953. The van der Waals surface area contributed by atoms with Crippen molar-refractivity contribution in [2.45, 2.75) is 0 Å². The van der Waals surface area contributed by atoms with Crippen molar-refractivity contribution in [3.8, 4) is 0 Å². The molecular formula is CH3LiO4W. The van der Waals surface area contributed by atoms with Gasteiger partial charge in [0, 0.05) is 0 Å². The molecule has 0 radical (unpaired) electrons. The maximum absolute atomic E-state index is 8.56. The van der Waals surface area contributed by atoms with Crippen molar-refractivity contribution in [1.82, 2.24) is 0 Å². The van der Waals surface area contributed by atoms with E-state index in [0.29, 0.717) is 19.8 Å². The van der Waals surface area contributed by atoms with Gasteiger partial charge in [0.25, 0.3) is 0 Å². The molecule has 0 aromatic rings. The monoisotopic (exact) mass is 270 g/mol. The molecule has 0 saturated heterocycles. The van der Waals surface area contributed by atoms with Gasteiger partial charge in [-0.1, -0.05) is 0 Å². The second-order valence-corrected chi connectivity index (χ2v) is 0.283. The van der Waals surface area contributed by atoms with Crippen LogP contribution in [0, 0.1) is 0 Å². The van der Waals surface area contributed by atoms with Crippen LogP contribution >= 0.6 is 0 Å². The van der Waals surface area contributed by atoms with Crippen LogP contribution in [-0.4, -0.2) is 35.2 Å². The molecule has 0 unspecified atom stereocenters. The zero-order valence-electron chi connectivity index (χ0n) is 2.62. The minimum absolute atomic E-state index is 0. The fourth-order valence-corrected chi connectivity index (χ4v) is 0. The standard InChI is InChI=1S/CH2O3.Li.O.W.H/c2-1(3)4;;;;/h(H2,2,3,4);;;;. The Labute approximate surface area is 63.3 Å². The topological polar surface area (TPSA) is 74.6 Å². The Morgan fingerprint density at radius 1 is 1.29 bits per heavy atom. The molecule has 0 spiro atoms. The predicted octanol–water partition coefficient (Wildman–Crippen LogP) is -0.547. The van der Waals surface area contributed by atoms with E-state index in [1.165, 1.54) is 0 Å². The van der Waals surface area contributed by atoms with Crippen molar-refractivity contribution in [2.75, 3.05) is 0 Å². The average molecular weight is 270 g/mol. The van der Waals surface area contributed by atoms with E-state index in [0.717, 1.165) is 0 Å². The molecule has 0 fully saturated rings. The molecule has 0 bridgehead atoms. The number of hydrogen-bond donors (Lipinski definition) is 2. The normalized spacial score (nSPS) is 4.00. The van der Waals surface area contributed by atoms with Gasteiger partial charge in [0.1, 0.15) is 0 Å². The first kappa shape index (κ1) is 15.7. The van der Waals surface area contributed by atoms with Crippen molar-refractivity contribution >= 4 is 25.0 Å². The Balaban J connectivity index is -0.0000000480. The van der Waals surface area contributed by atoms with E-state index < -0.39 is 6.16 Å². The first-order chi connectivity index (χ1) is 2.73. The van der Waals surface area contributed by atoms with E-state index in [1.807, 2.05) is 0 Å². The van der Waals surface area contributed by atoms with Gasteiger partial charge in [0.2, 0.25) is 0 Å². The van der Waals surface area contributed by atoms with E-state index >= 15 is 0 Å². The molecule has 0 atom stereocenters. The molecule has 6 heteroatoms. The van der Waals surface area contributed by atoms with Crippen LogP contribution in [-0.2, 0) is 23.2 Å². The maximum atomic E-state index is 8.56. The molecule has 38 valence electrons. The molecular weight excluding hydrogens is 267 g/mol. The van der Waals surface area contributed by atoms with Gasteiger partial charge in [-0.15, -0.1) is 0 Å². The fraction of sp³-hybridized carbons (Fsp3) is 0. The zero-order valence-corrected chi connectivity index (χ0v) is 5.55. The Kier molecular flexibility index (Phi) is 36.2. The summed E-state index contributed by atoms with van der Waals surface area (Å²) in [5, 5.41) is 13.9. The van der Waals surface area contributed by atoms with Gasteiger partial charge in [0.05, 0.1) is 0 Å². The molecule has 0 aliphatic carbocycles. The van der Waals surface area contributed by atoms with E-state index in [2.05, 4.69) is 0 Å². The van der Waals surface area contributed by atoms with Crippen molar-refractivity contribution < 1.29 is 38.2 Å². The van der Waals surface area contributed by atoms with Crippen LogP contribution in [0.1, 0.15) is 0 Å². The number of carbonyl (C=O) groups is 1. The Hall–Kier alpha value is 0.356. The van der Waals surface area contributed by atoms with Gasteiger partial charge in [-0.2, -0.15) is 0 Å². The Morgan fingerprint density at radius 2 is 1.29 bits per heavy atom. The van der Waals surface area contributed by atoms with E-state index in [1.54, 1.807) is 0 Å². The van der Waals surface area contributed by atoms with Crippen LogP contribution in [0.15, 0.2) is 0 Å². The molecule has 0 amide bonds. The zero-order chi connectivity index (χ0) is 5.58. The summed E-state index contributed by atoms with van der Waals surface area (Å²) >= 11 is 0.333. The Bertz CT molecular complexity index is 43.0. The summed E-state index contributed by atoms with van der Waals surface area (Å²) in [6.07, 6.45) is -1.83. The van der Waals surface area contributed by atoms with E-state index in [-0.39, 0.29) is 18.9 Å². The molecule has 7 heavy (non-hydrogen) atoms. The number of rotatable bonds is 0.